The summed E-state index contributed by atoms with van der Waals surface area (Å²) in [5.41, 5.74) is 2.29. The van der Waals surface area contributed by atoms with Gasteiger partial charge in [-0.2, -0.15) is 5.10 Å². The lowest BCUT2D eigenvalue weighted by Gasteiger charge is -2.31. The zero-order chi connectivity index (χ0) is 22.5. The molecule has 32 heavy (non-hydrogen) atoms. The van der Waals surface area contributed by atoms with E-state index in [2.05, 4.69) is 20.5 Å². The summed E-state index contributed by atoms with van der Waals surface area (Å²) in [5, 5.41) is 9.93. The number of carbonyl (C=O) groups excluding carboxylic acids is 2. The van der Waals surface area contributed by atoms with E-state index in [4.69, 9.17) is 9.47 Å². The SMILES string of the molecule is COc1ccc(NC(=O)[C@@H]2CCCN(C(=O)c3cc(-c4ccccn4)n[nH]3)C2)cc1OC. The van der Waals surface area contributed by atoms with Gasteiger partial charge in [0.05, 0.1) is 25.8 Å². The molecule has 1 aliphatic rings. The predicted molar refractivity (Wildman–Crippen MR) is 119 cm³/mol. The van der Waals surface area contributed by atoms with Crippen LogP contribution in [0.15, 0.2) is 48.7 Å². The van der Waals surface area contributed by atoms with Crippen LogP contribution in [0.4, 0.5) is 5.69 Å². The molecule has 1 saturated heterocycles. The molecule has 2 aromatic heterocycles. The first-order chi connectivity index (χ1) is 15.6. The van der Waals surface area contributed by atoms with Crippen molar-refractivity contribution in [2.24, 2.45) is 5.92 Å². The highest BCUT2D eigenvalue weighted by Gasteiger charge is 2.30. The van der Waals surface area contributed by atoms with Crippen LogP contribution >= 0.6 is 0 Å². The summed E-state index contributed by atoms with van der Waals surface area (Å²) < 4.78 is 10.5. The Labute approximate surface area is 185 Å². The lowest BCUT2D eigenvalue weighted by molar-refractivity contribution is -0.121. The minimum Gasteiger partial charge on any atom is -0.493 e. The topological polar surface area (TPSA) is 109 Å². The quantitative estimate of drug-likeness (QED) is 0.616. The number of benzene rings is 1. The Morgan fingerprint density at radius 2 is 1.94 bits per heavy atom. The molecular weight excluding hydrogens is 410 g/mol. The summed E-state index contributed by atoms with van der Waals surface area (Å²) in [5.74, 6) is 0.508. The molecule has 1 aromatic carbocycles. The van der Waals surface area contributed by atoms with E-state index in [9.17, 15) is 9.59 Å². The lowest BCUT2D eigenvalue weighted by Crippen LogP contribution is -2.43. The van der Waals surface area contributed by atoms with Gasteiger partial charge in [-0.05, 0) is 43.2 Å². The highest BCUT2D eigenvalue weighted by atomic mass is 16.5. The minimum atomic E-state index is -0.307. The number of aromatic nitrogens is 3. The fourth-order valence-electron chi connectivity index (χ4n) is 3.78. The van der Waals surface area contributed by atoms with Crippen molar-refractivity contribution in [1.29, 1.82) is 0 Å². The van der Waals surface area contributed by atoms with Gasteiger partial charge in [-0.3, -0.25) is 19.7 Å². The Morgan fingerprint density at radius 3 is 2.69 bits per heavy atom. The van der Waals surface area contributed by atoms with Crippen LogP contribution in [0.25, 0.3) is 11.4 Å². The van der Waals surface area contributed by atoms with Crippen molar-refractivity contribution in [3.63, 3.8) is 0 Å². The molecule has 3 heterocycles. The van der Waals surface area contributed by atoms with Gasteiger partial charge in [0.25, 0.3) is 5.91 Å². The summed E-state index contributed by atoms with van der Waals surface area (Å²) in [6, 6.07) is 12.4. The summed E-state index contributed by atoms with van der Waals surface area (Å²) in [6.45, 7) is 0.937. The maximum absolute atomic E-state index is 13.0. The number of anilines is 1. The molecule has 0 saturated carbocycles. The molecule has 166 valence electrons. The molecule has 0 radical (unpaired) electrons. The molecule has 9 nitrogen and oxygen atoms in total. The second-order valence-electron chi connectivity index (χ2n) is 7.53. The largest absolute Gasteiger partial charge is 0.493 e. The number of hydrogen-bond donors (Lipinski definition) is 2. The fourth-order valence-corrected chi connectivity index (χ4v) is 3.78. The highest BCUT2D eigenvalue weighted by Crippen LogP contribution is 2.30. The minimum absolute atomic E-state index is 0.131. The van der Waals surface area contributed by atoms with Gasteiger partial charge in [0.15, 0.2) is 11.5 Å². The number of methoxy groups -OCH3 is 2. The molecule has 0 unspecified atom stereocenters. The third-order valence-corrected chi connectivity index (χ3v) is 5.47. The first-order valence-electron chi connectivity index (χ1n) is 10.4. The zero-order valence-corrected chi connectivity index (χ0v) is 18.0. The molecule has 0 aliphatic carbocycles. The van der Waals surface area contributed by atoms with Crippen LogP contribution in [0, 0.1) is 5.92 Å². The smallest absolute Gasteiger partial charge is 0.271 e. The maximum Gasteiger partial charge on any atom is 0.271 e. The van der Waals surface area contributed by atoms with Gasteiger partial charge in [-0.25, -0.2) is 0 Å². The average molecular weight is 435 g/mol. The molecule has 1 atom stereocenters. The molecule has 0 bridgehead atoms. The van der Waals surface area contributed by atoms with Gasteiger partial charge < -0.3 is 19.7 Å². The van der Waals surface area contributed by atoms with Crippen LogP contribution in [-0.4, -0.2) is 59.2 Å². The number of rotatable bonds is 6. The van der Waals surface area contributed by atoms with Crippen LogP contribution in [0.5, 0.6) is 11.5 Å². The molecule has 2 amide bonds. The number of hydrogen-bond acceptors (Lipinski definition) is 6. The number of H-pyrrole nitrogens is 1. The Kier molecular flexibility index (Phi) is 6.34. The van der Waals surface area contributed by atoms with Crippen molar-refractivity contribution in [3.8, 4) is 22.9 Å². The van der Waals surface area contributed by atoms with Gasteiger partial charge in [0, 0.05) is 31.0 Å². The number of amides is 2. The van der Waals surface area contributed by atoms with Crippen molar-refractivity contribution in [1.82, 2.24) is 20.1 Å². The van der Waals surface area contributed by atoms with Crippen molar-refractivity contribution < 1.29 is 19.1 Å². The van der Waals surface area contributed by atoms with E-state index in [0.717, 1.165) is 6.42 Å². The van der Waals surface area contributed by atoms with Gasteiger partial charge in [0.1, 0.15) is 11.4 Å². The highest BCUT2D eigenvalue weighted by molar-refractivity contribution is 5.96. The summed E-state index contributed by atoms with van der Waals surface area (Å²) in [4.78, 5) is 31.8. The van der Waals surface area contributed by atoms with Crippen LogP contribution in [0.3, 0.4) is 0 Å². The van der Waals surface area contributed by atoms with E-state index in [1.165, 1.54) is 0 Å². The summed E-state index contributed by atoms with van der Waals surface area (Å²) in [6.07, 6.45) is 3.14. The number of likely N-dealkylation sites (tertiary alicyclic amines) is 1. The fraction of sp³-hybridized carbons (Fsp3) is 0.304. The van der Waals surface area contributed by atoms with E-state index in [-0.39, 0.29) is 17.7 Å². The van der Waals surface area contributed by atoms with Gasteiger partial charge in [0.2, 0.25) is 5.91 Å². The lowest BCUT2D eigenvalue weighted by atomic mass is 9.96. The zero-order valence-electron chi connectivity index (χ0n) is 18.0. The standard InChI is InChI=1S/C23H25N5O4/c1-31-20-9-8-16(12-21(20)32-2)25-22(29)15-6-5-11-28(14-15)23(30)19-13-18(26-27-19)17-7-3-4-10-24-17/h3-4,7-10,12-13,15H,5-6,11,14H2,1-2H3,(H,25,29)(H,26,27)/t15-/m1/s1. The first kappa shape index (κ1) is 21.4. The van der Waals surface area contributed by atoms with Crippen molar-refractivity contribution in [3.05, 3.63) is 54.4 Å². The number of carbonyl (C=O) groups is 2. The number of aromatic amines is 1. The second kappa shape index (κ2) is 9.51. The number of piperidine rings is 1. The summed E-state index contributed by atoms with van der Waals surface area (Å²) in [7, 11) is 3.10. The summed E-state index contributed by atoms with van der Waals surface area (Å²) >= 11 is 0. The number of nitrogens with one attached hydrogen (secondary N) is 2. The van der Waals surface area contributed by atoms with E-state index in [0.29, 0.717) is 53.8 Å². The van der Waals surface area contributed by atoms with E-state index < -0.39 is 0 Å². The average Bonchev–Trinajstić information content (AvgIpc) is 3.34. The molecule has 4 rings (SSSR count). The first-order valence-corrected chi connectivity index (χ1v) is 10.4. The van der Waals surface area contributed by atoms with E-state index in [1.807, 2.05) is 18.2 Å². The number of pyridine rings is 1. The van der Waals surface area contributed by atoms with Gasteiger partial charge in [-0.15, -0.1) is 0 Å². The molecule has 9 heteroatoms. The van der Waals surface area contributed by atoms with Crippen LogP contribution < -0.4 is 14.8 Å². The van der Waals surface area contributed by atoms with Crippen LogP contribution in [0.1, 0.15) is 23.3 Å². The number of ether oxygens (including phenoxy) is 2. The second-order valence-corrected chi connectivity index (χ2v) is 7.53. The Balaban J connectivity index is 1.41. The van der Waals surface area contributed by atoms with Crippen LogP contribution in [-0.2, 0) is 4.79 Å². The van der Waals surface area contributed by atoms with Gasteiger partial charge in [-0.1, -0.05) is 6.07 Å². The molecule has 1 fully saturated rings. The Morgan fingerprint density at radius 1 is 1.09 bits per heavy atom. The molecule has 1 aliphatic heterocycles. The third-order valence-electron chi connectivity index (χ3n) is 5.47. The molecule has 0 spiro atoms. The van der Waals surface area contributed by atoms with Crippen molar-refractivity contribution in [2.45, 2.75) is 12.8 Å². The van der Waals surface area contributed by atoms with Crippen molar-refractivity contribution in [2.75, 3.05) is 32.6 Å². The van der Waals surface area contributed by atoms with Crippen molar-refractivity contribution >= 4 is 17.5 Å². The Bertz CT molecular complexity index is 1100. The van der Waals surface area contributed by atoms with Crippen LogP contribution in [0.2, 0.25) is 0 Å². The third kappa shape index (κ3) is 4.56. The molecule has 2 N–H and O–H groups in total. The normalized spacial score (nSPS) is 15.8. The molecule has 3 aromatic rings. The van der Waals surface area contributed by atoms with E-state index >= 15 is 0 Å². The Hall–Kier alpha value is -3.88. The van der Waals surface area contributed by atoms with Gasteiger partial charge >= 0.3 is 0 Å². The maximum atomic E-state index is 13.0. The number of nitrogens with zero attached hydrogens (tertiary/aromatic N) is 3. The molecular formula is C23H25N5O4. The monoisotopic (exact) mass is 435 g/mol. The predicted octanol–water partition coefficient (Wildman–Crippen LogP) is 2.98. The van der Waals surface area contributed by atoms with E-state index in [1.54, 1.807) is 49.6 Å².